The fourth-order valence-electron chi connectivity index (χ4n) is 11.7. The van der Waals surface area contributed by atoms with Gasteiger partial charge in [0.15, 0.2) is 0 Å². The van der Waals surface area contributed by atoms with E-state index in [2.05, 4.69) is 262 Å². The molecule has 0 saturated carbocycles. The Labute approximate surface area is 449 Å². The van der Waals surface area contributed by atoms with Gasteiger partial charge < -0.3 is 0 Å². The van der Waals surface area contributed by atoms with Crippen LogP contribution < -0.4 is 0 Å². The summed E-state index contributed by atoms with van der Waals surface area (Å²) in [6.07, 6.45) is 6.35. The first-order valence-corrected chi connectivity index (χ1v) is 27.5. The van der Waals surface area contributed by atoms with Crippen LogP contribution in [0.1, 0.15) is 103 Å². The van der Waals surface area contributed by atoms with Gasteiger partial charge in [-0.2, -0.15) is 0 Å². The van der Waals surface area contributed by atoms with Crippen LogP contribution in [0.5, 0.6) is 0 Å². The summed E-state index contributed by atoms with van der Waals surface area (Å²) in [6.45, 7) is 18.3. The Morgan fingerprint density at radius 1 is 0.276 bits per heavy atom. The minimum Gasteiger partial charge on any atom is -0.0654 e. The SMILES string of the molecule is CCCCc1c2cccc3c#cc4cc(C(C)(C)C)cc5c(c#cc6cccc7c(CCCC)c8cccc(c#cc9c%10ccccc%10c(c#cc%10cccc1c%10cc32)c1ccccc91)c8cc67)cc(C(C)(C)C)cc45. The maximum Gasteiger partial charge on any atom is 0.0406 e. The summed E-state index contributed by atoms with van der Waals surface area (Å²) in [5.41, 5.74) is 4.94. The van der Waals surface area contributed by atoms with E-state index >= 15 is 0 Å². The largest absolute Gasteiger partial charge is 0.0654 e. The first-order chi connectivity index (χ1) is 36.9. The third-order valence-electron chi connectivity index (χ3n) is 15.9. The van der Waals surface area contributed by atoms with Crippen LogP contribution >= 0.6 is 0 Å². The quantitative estimate of drug-likeness (QED) is 0.146. The van der Waals surface area contributed by atoms with Crippen molar-refractivity contribution >= 4 is 118 Å². The van der Waals surface area contributed by atoms with Crippen molar-refractivity contribution in [1.29, 1.82) is 0 Å². The minimum absolute atomic E-state index is 0.130. The average Bonchev–Trinajstić information content (AvgIpc) is 3.47. The standard InChI is InChI=1S/C76H62/c1-9-11-25-57-63-31-17-21-49-35-37-53-43-55(75(3,4)5)46-70-54(44-56(45-69(53)70)76(6,7)8)38-36-50-22-18-32-64-58(26-12-10-2)66-34-20-24-52(74(66)48-72(50)64)40-42-68-61-29-15-13-27-59(61)67(60-28-14-16-30-62(60)68)41-39-51-23-19-33-65(57)73(51)47-71(49)63/h13-24,27-34,43-48H,9-12,25-26H2,1-8H3. The minimum atomic E-state index is -0.130. The van der Waals surface area contributed by atoms with Crippen LogP contribution in [0.15, 0.2) is 158 Å². The zero-order valence-corrected chi connectivity index (χ0v) is 45.3. The van der Waals surface area contributed by atoms with Crippen LogP contribution in [-0.4, -0.2) is 0 Å². The predicted octanol–water partition coefficient (Wildman–Crippen LogP) is 20.9. The van der Waals surface area contributed by atoms with Crippen molar-refractivity contribution < 1.29 is 0 Å². The van der Waals surface area contributed by atoms with E-state index in [1.807, 2.05) is 0 Å². The Hall–Kier alpha value is -8.52. The molecule has 12 aromatic carbocycles. The molecule has 0 fully saturated rings. The van der Waals surface area contributed by atoms with Crippen LogP contribution in [-0.2, 0) is 23.7 Å². The normalized spacial score (nSPS) is 11.8. The van der Waals surface area contributed by atoms with E-state index in [1.165, 1.54) is 43.8 Å². The van der Waals surface area contributed by atoms with Crippen LogP contribution in [0.2, 0.25) is 0 Å². The number of hydrogen-bond acceptors (Lipinski definition) is 0. The topological polar surface area (TPSA) is 0 Å². The second-order valence-electron chi connectivity index (χ2n) is 23.0. The van der Waals surface area contributed by atoms with E-state index in [9.17, 15) is 0 Å². The predicted molar refractivity (Wildman–Crippen MR) is 328 cm³/mol. The van der Waals surface area contributed by atoms with Gasteiger partial charge in [-0.1, -0.05) is 214 Å². The molecular formula is C76H62. The van der Waals surface area contributed by atoms with Crippen molar-refractivity contribution in [3.8, 4) is 0 Å². The van der Waals surface area contributed by atoms with Gasteiger partial charge in [-0.05, 0) is 195 Å². The van der Waals surface area contributed by atoms with Gasteiger partial charge in [-0.3, -0.25) is 0 Å². The fraction of sp³-hybridized carbons (Fsp3) is 0.211. The molecular weight excluding hydrogens is 913 g/mol. The Morgan fingerprint density at radius 3 is 0.855 bits per heavy atom. The van der Waals surface area contributed by atoms with Crippen molar-refractivity contribution in [3.63, 3.8) is 0 Å². The van der Waals surface area contributed by atoms with Crippen LogP contribution in [0.25, 0.3) is 118 Å². The van der Waals surface area contributed by atoms with Crippen molar-refractivity contribution in [2.24, 2.45) is 0 Å². The van der Waals surface area contributed by atoms with Crippen molar-refractivity contribution in [1.82, 2.24) is 0 Å². The lowest BCUT2D eigenvalue weighted by atomic mass is 9.82. The zero-order valence-electron chi connectivity index (χ0n) is 45.3. The second kappa shape index (κ2) is 19.3. The van der Waals surface area contributed by atoms with Gasteiger partial charge in [-0.25, -0.2) is 0 Å². The maximum absolute atomic E-state index is 3.84. The molecule has 76 heavy (non-hydrogen) atoms. The van der Waals surface area contributed by atoms with E-state index in [-0.39, 0.29) is 10.8 Å². The van der Waals surface area contributed by atoms with E-state index in [1.54, 1.807) is 0 Å². The molecule has 0 heterocycles. The molecule has 0 aliphatic carbocycles. The molecule has 0 heteroatoms. The highest BCUT2D eigenvalue weighted by Gasteiger charge is 2.20. The summed E-state index contributed by atoms with van der Waals surface area (Å²) in [5, 5.41) is 24.5. The molecule has 0 aliphatic heterocycles. The summed E-state index contributed by atoms with van der Waals surface area (Å²) < 4.78 is 0. The Morgan fingerprint density at radius 2 is 0.553 bits per heavy atom. The van der Waals surface area contributed by atoms with Crippen LogP contribution in [0.3, 0.4) is 0 Å². The van der Waals surface area contributed by atoms with Gasteiger partial charge >= 0.3 is 0 Å². The molecule has 0 aromatic heterocycles. The molecule has 0 saturated heterocycles. The summed E-state index contributed by atoms with van der Waals surface area (Å²) >= 11 is 0. The monoisotopic (exact) mass is 974 g/mol. The lowest BCUT2D eigenvalue weighted by Crippen LogP contribution is -2.12. The molecule has 12 aromatic rings. The summed E-state index contributed by atoms with van der Waals surface area (Å²) in [7, 11) is 0. The molecule has 0 spiro atoms. The molecule has 0 amide bonds. The summed E-state index contributed by atoms with van der Waals surface area (Å²) in [4.78, 5) is 0. The number of aryl methyl sites for hydroxylation is 2. The van der Waals surface area contributed by atoms with Crippen LogP contribution in [0, 0.1) is 48.5 Å². The summed E-state index contributed by atoms with van der Waals surface area (Å²) in [6, 6.07) is 88.7. The number of fused-ring (bicyclic) bond motifs is 3. The fourth-order valence-corrected chi connectivity index (χ4v) is 11.7. The van der Waals surface area contributed by atoms with Crippen molar-refractivity contribution in [2.75, 3.05) is 0 Å². The lowest BCUT2D eigenvalue weighted by molar-refractivity contribution is 0.590. The first-order valence-electron chi connectivity index (χ1n) is 27.5. The highest BCUT2D eigenvalue weighted by molar-refractivity contribution is 6.24. The highest BCUT2D eigenvalue weighted by Crippen LogP contribution is 2.39. The molecule has 0 N–H and O–H groups in total. The van der Waals surface area contributed by atoms with E-state index in [0.717, 1.165) is 135 Å². The molecule has 0 radical (unpaired) electrons. The van der Waals surface area contributed by atoms with E-state index < -0.39 is 0 Å². The maximum atomic E-state index is 3.84. The third-order valence-corrected chi connectivity index (χ3v) is 15.9. The van der Waals surface area contributed by atoms with E-state index in [0.29, 0.717) is 0 Å². The molecule has 0 unspecified atom stereocenters. The highest BCUT2D eigenvalue weighted by atomic mass is 14.2. The zero-order chi connectivity index (χ0) is 52.3. The number of rotatable bonds is 6. The van der Waals surface area contributed by atoms with Gasteiger partial charge in [0.1, 0.15) is 0 Å². The Bertz CT molecular complexity index is 4150. The van der Waals surface area contributed by atoms with Crippen LogP contribution in [0.4, 0.5) is 0 Å². The van der Waals surface area contributed by atoms with Gasteiger partial charge in [0.2, 0.25) is 0 Å². The molecule has 0 nitrogen and oxygen atoms in total. The third kappa shape index (κ3) is 8.64. The average molecular weight is 975 g/mol. The van der Waals surface area contributed by atoms with E-state index in [4.69, 9.17) is 0 Å². The number of unbranched alkanes of at least 4 members (excludes halogenated alkanes) is 2. The smallest absolute Gasteiger partial charge is 0.0406 e. The molecule has 0 aliphatic rings. The number of hydrogen-bond donors (Lipinski definition) is 0. The lowest BCUT2D eigenvalue weighted by Gasteiger charge is -2.22. The number of benzene rings is 11. The van der Waals surface area contributed by atoms with Crippen molar-refractivity contribution in [3.05, 3.63) is 229 Å². The van der Waals surface area contributed by atoms with Gasteiger partial charge in [0, 0.05) is 43.1 Å². The second-order valence-corrected chi connectivity index (χ2v) is 23.0. The van der Waals surface area contributed by atoms with Gasteiger partial charge in [-0.15, -0.1) is 0 Å². The Kier molecular flexibility index (Phi) is 12.3. The molecule has 0 atom stereocenters. The Balaban J connectivity index is 1.30. The van der Waals surface area contributed by atoms with Gasteiger partial charge in [0.05, 0.1) is 0 Å². The van der Waals surface area contributed by atoms with Crippen molar-refractivity contribution in [2.45, 2.75) is 105 Å². The van der Waals surface area contributed by atoms with Gasteiger partial charge in [0.25, 0.3) is 0 Å². The summed E-state index contributed by atoms with van der Waals surface area (Å²) in [5.74, 6) is 0. The first kappa shape index (κ1) is 48.4. The molecule has 12 rings (SSSR count). The molecule has 10 bridgehead atoms. The molecule has 366 valence electrons.